The van der Waals surface area contributed by atoms with Crippen LogP contribution in [0.4, 0.5) is 0 Å². The smallest absolute Gasteiger partial charge is 0.160 e. The van der Waals surface area contributed by atoms with Crippen molar-refractivity contribution in [3.05, 3.63) is 188 Å². The van der Waals surface area contributed by atoms with Crippen molar-refractivity contribution in [1.82, 2.24) is 14.5 Å². The van der Waals surface area contributed by atoms with Gasteiger partial charge in [-0.15, -0.1) is 0 Å². The van der Waals surface area contributed by atoms with Crippen molar-refractivity contribution in [3.8, 4) is 61.8 Å². The summed E-state index contributed by atoms with van der Waals surface area (Å²) in [4.78, 5) is 10.5. The summed E-state index contributed by atoms with van der Waals surface area (Å²) in [5.74, 6) is 0.670. The number of benzene rings is 9. The molecule has 0 saturated heterocycles. The third-order valence-electron chi connectivity index (χ3n) is 12.1. The van der Waals surface area contributed by atoms with Crippen molar-refractivity contribution in [2.75, 3.05) is 0 Å². The number of para-hydroxylation sites is 1. The predicted octanol–water partition coefficient (Wildman–Crippen LogP) is 14.4. The molecule has 58 heavy (non-hydrogen) atoms. The molecule has 0 N–H and O–H groups in total. The molecule has 4 nitrogen and oxygen atoms in total. The van der Waals surface area contributed by atoms with E-state index in [9.17, 15) is 0 Å². The fourth-order valence-corrected chi connectivity index (χ4v) is 9.58. The van der Waals surface area contributed by atoms with Crippen LogP contribution in [-0.4, -0.2) is 14.5 Å². The van der Waals surface area contributed by atoms with Gasteiger partial charge in [0, 0.05) is 49.0 Å². The monoisotopic (exact) mass is 737 g/mol. The van der Waals surface area contributed by atoms with Gasteiger partial charge in [0.15, 0.2) is 5.82 Å². The first-order valence-electron chi connectivity index (χ1n) is 19.7. The van der Waals surface area contributed by atoms with Gasteiger partial charge in [-0.1, -0.05) is 146 Å². The third-order valence-corrected chi connectivity index (χ3v) is 12.1. The van der Waals surface area contributed by atoms with Crippen molar-refractivity contribution < 1.29 is 4.42 Å². The average molecular weight is 738 g/mol. The molecule has 0 unspecified atom stereocenters. The van der Waals surface area contributed by atoms with Crippen LogP contribution in [0.25, 0.3) is 127 Å². The van der Waals surface area contributed by atoms with Gasteiger partial charge in [-0.3, -0.25) is 0 Å². The van der Waals surface area contributed by atoms with Crippen LogP contribution in [0.1, 0.15) is 0 Å². The van der Waals surface area contributed by atoms with Crippen LogP contribution in [-0.2, 0) is 0 Å². The highest BCUT2D eigenvalue weighted by molar-refractivity contribution is 6.31. The molecule has 0 spiro atoms. The lowest BCUT2D eigenvalue weighted by Crippen LogP contribution is -1.98. The van der Waals surface area contributed by atoms with E-state index in [1.54, 1.807) is 0 Å². The highest BCUT2D eigenvalue weighted by atomic mass is 16.3. The highest BCUT2D eigenvalue weighted by Crippen LogP contribution is 2.50. The predicted molar refractivity (Wildman–Crippen MR) is 239 cm³/mol. The molecule has 0 radical (unpaired) electrons. The molecule has 0 atom stereocenters. The Morgan fingerprint density at radius 1 is 0.379 bits per heavy atom. The maximum Gasteiger partial charge on any atom is 0.160 e. The first-order chi connectivity index (χ1) is 28.8. The second-order valence-electron chi connectivity index (χ2n) is 15.3. The molecule has 0 saturated carbocycles. The molecule has 0 aliphatic heterocycles. The summed E-state index contributed by atoms with van der Waals surface area (Å²) in [6, 6.07) is 67.1. The summed E-state index contributed by atoms with van der Waals surface area (Å²) in [7, 11) is 0. The van der Waals surface area contributed by atoms with E-state index in [0.29, 0.717) is 5.82 Å². The summed E-state index contributed by atoms with van der Waals surface area (Å²) in [6.07, 6.45) is 0. The van der Waals surface area contributed by atoms with Crippen LogP contribution in [0.15, 0.2) is 192 Å². The van der Waals surface area contributed by atoms with Crippen molar-refractivity contribution in [2.45, 2.75) is 0 Å². The van der Waals surface area contributed by atoms with Gasteiger partial charge in [-0.25, -0.2) is 9.97 Å². The van der Waals surface area contributed by atoms with E-state index in [-0.39, 0.29) is 0 Å². The van der Waals surface area contributed by atoms with E-state index in [1.807, 2.05) is 18.2 Å². The molecule has 268 valence electrons. The van der Waals surface area contributed by atoms with Gasteiger partial charge in [-0.2, -0.15) is 0 Å². The minimum absolute atomic E-state index is 0.670. The van der Waals surface area contributed by atoms with E-state index >= 15 is 0 Å². The molecule has 4 heteroatoms. The summed E-state index contributed by atoms with van der Waals surface area (Å²) in [6.45, 7) is 0. The number of aromatic nitrogens is 3. The molecule has 1 aliphatic carbocycles. The number of rotatable bonds is 4. The zero-order chi connectivity index (χ0) is 37.9. The van der Waals surface area contributed by atoms with Gasteiger partial charge in [0.25, 0.3) is 0 Å². The third kappa shape index (κ3) is 4.40. The van der Waals surface area contributed by atoms with E-state index in [4.69, 9.17) is 14.4 Å². The van der Waals surface area contributed by atoms with Crippen molar-refractivity contribution >= 4 is 65.3 Å². The zero-order valence-corrected chi connectivity index (χ0v) is 31.1. The largest absolute Gasteiger partial charge is 0.455 e. The van der Waals surface area contributed by atoms with Gasteiger partial charge >= 0.3 is 0 Å². The van der Waals surface area contributed by atoms with Gasteiger partial charge in [0.05, 0.1) is 28.1 Å². The highest BCUT2D eigenvalue weighted by Gasteiger charge is 2.26. The van der Waals surface area contributed by atoms with Crippen LogP contribution < -0.4 is 0 Å². The van der Waals surface area contributed by atoms with Crippen molar-refractivity contribution in [3.63, 3.8) is 0 Å². The Morgan fingerprint density at radius 2 is 1.02 bits per heavy atom. The molecular formula is C54H31N3O. The summed E-state index contributed by atoms with van der Waals surface area (Å²) >= 11 is 0. The Morgan fingerprint density at radius 3 is 1.78 bits per heavy atom. The molecule has 3 heterocycles. The van der Waals surface area contributed by atoms with Gasteiger partial charge in [-0.05, 0) is 75.5 Å². The topological polar surface area (TPSA) is 43.9 Å². The number of nitrogens with zero attached hydrogens (tertiary/aromatic N) is 3. The Kier molecular flexibility index (Phi) is 6.41. The Labute approximate surface area is 332 Å². The van der Waals surface area contributed by atoms with Crippen LogP contribution in [0.2, 0.25) is 0 Å². The Balaban J connectivity index is 1.16. The molecule has 12 aromatic rings. The van der Waals surface area contributed by atoms with Gasteiger partial charge in [0.2, 0.25) is 0 Å². The summed E-state index contributed by atoms with van der Waals surface area (Å²) < 4.78 is 9.20. The fourth-order valence-electron chi connectivity index (χ4n) is 9.58. The Bertz CT molecular complexity index is 3610. The molecular weight excluding hydrogens is 707 g/mol. The lowest BCUT2D eigenvalue weighted by molar-refractivity contribution is 0.672. The van der Waals surface area contributed by atoms with E-state index < -0.39 is 0 Å². The SMILES string of the molecule is c1ccc(-c2cc(-c3ccccc3)nc(-c3ccc4c(c3)c(-n3c5cccc6c5c5c7c(cccc7ccc53)-c3ccccc3-6)cc3c5ccccc5oc43)n2)cc1. The second kappa shape index (κ2) is 11.8. The van der Waals surface area contributed by atoms with E-state index in [0.717, 1.165) is 66.5 Å². The van der Waals surface area contributed by atoms with Crippen molar-refractivity contribution in [2.24, 2.45) is 0 Å². The first-order valence-corrected chi connectivity index (χ1v) is 19.7. The lowest BCUT2D eigenvalue weighted by atomic mass is 9.93. The number of furan rings is 1. The quantitative estimate of drug-likeness (QED) is 0.181. The first kappa shape index (κ1) is 31.4. The maximum atomic E-state index is 6.71. The maximum absolute atomic E-state index is 6.71. The van der Waals surface area contributed by atoms with Crippen LogP contribution in [0.3, 0.4) is 0 Å². The Hall–Kier alpha value is -7.82. The van der Waals surface area contributed by atoms with Crippen LogP contribution in [0.5, 0.6) is 0 Å². The van der Waals surface area contributed by atoms with Crippen LogP contribution >= 0.6 is 0 Å². The van der Waals surface area contributed by atoms with E-state index in [2.05, 4.69) is 174 Å². The number of fused-ring (bicyclic) bond motifs is 8. The summed E-state index contributed by atoms with van der Waals surface area (Å²) in [5, 5.41) is 9.37. The van der Waals surface area contributed by atoms with Crippen molar-refractivity contribution in [1.29, 1.82) is 0 Å². The normalized spacial score (nSPS) is 12.1. The molecule has 3 aromatic heterocycles. The zero-order valence-electron chi connectivity index (χ0n) is 31.1. The molecule has 0 bridgehead atoms. The van der Waals surface area contributed by atoms with E-state index in [1.165, 1.54) is 54.8 Å². The number of hydrogen-bond donors (Lipinski definition) is 0. The minimum atomic E-state index is 0.670. The van der Waals surface area contributed by atoms with Gasteiger partial charge in [0.1, 0.15) is 11.2 Å². The van der Waals surface area contributed by atoms with Crippen LogP contribution in [0, 0.1) is 0 Å². The summed E-state index contributed by atoms with van der Waals surface area (Å²) in [5.41, 5.74) is 15.0. The molecule has 9 aromatic carbocycles. The average Bonchev–Trinajstić information content (AvgIpc) is 3.81. The molecule has 1 aliphatic rings. The second-order valence-corrected chi connectivity index (χ2v) is 15.3. The fraction of sp³-hybridized carbons (Fsp3) is 0. The minimum Gasteiger partial charge on any atom is -0.455 e. The molecule has 13 rings (SSSR count). The van der Waals surface area contributed by atoms with Gasteiger partial charge < -0.3 is 8.98 Å². The molecule has 0 fully saturated rings. The lowest BCUT2D eigenvalue weighted by Gasteiger charge is -2.16. The standard InChI is InChI=1S/C54H31N3O/c1-3-13-32(14-4-1)44-31-45(33-15-5-2-6-16-33)56-54(55-44)35-25-27-41-42(29-35)48(30-43-38-20-9-10-24-49(38)58-53(41)43)57-46-23-12-22-40-37-19-8-7-18-36(37)39-21-11-17-34-26-28-47(57)52(50(34)39)51(40)46/h1-31H. The number of hydrogen-bond acceptors (Lipinski definition) is 3. The molecule has 0 amide bonds.